The fourth-order valence-corrected chi connectivity index (χ4v) is 1.61. The quantitative estimate of drug-likeness (QED) is 0.551. The molecule has 0 saturated heterocycles. The molecule has 0 aliphatic heterocycles. The summed E-state index contributed by atoms with van der Waals surface area (Å²) in [6, 6.07) is 5.83. The maximum absolute atomic E-state index is 11.7. The van der Waals surface area contributed by atoms with Crippen molar-refractivity contribution in [3.63, 3.8) is 0 Å². The van der Waals surface area contributed by atoms with E-state index in [9.17, 15) is 4.79 Å². The van der Waals surface area contributed by atoms with E-state index in [4.69, 9.17) is 11.6 Å². The maximum Gasteiger partial charge on any atom is 0.180 e. The van der Waals surface area contributed by atoms with E-state index < -0.39 is 5.38 Å². The monoisotopic (exact) mass is 210 g/mol. The van der Waals surface area contributed by atoms with Crippen LogP contribution in [0.1, 0.15) is 34.8 Å². The third-order valence-corrected chi connectivity index (χ3v) is 2.66. The van der Waals surface area contributed by atoms with Crippen LogP contribution in [0.3, 0.4) is 0 Å². The van der Waals surface area contributed by atoms with Crippen molar-refractivity contribution in [2.45, 2.75) is 32.6 Å². The molecule has 1 rings (SSSR count). The summed E-state index contributed by atoms with van der Waals surface area (Å²) in [5.74, 6) is 0.0287. The molecule has 0 spiro atoms. The Morgan fingerprint density at radius 1 is 1.29 bits per heavy atom. The zero-order valence-electron chi connectivity index (χ0n) is 8.80. The number of alkyl halides is 1. The minimum absolute atomic E-state index is 0.0287. The second kappa shape index (κ2) is 4.61. The van der Waals surface area contributed by atoms with E-state index in [0.717, 1.165) is 16.7 Å². The summed E-state index contributed by atoms with van der Waals surface area (Å²) in [6.45, 7) is 5.89. The van der Waals surface area contributed by atoms with E-state index in [1.54, 1.807) is 0 Å². The molecule has 76 valence electrons. The zero-order chi connectivity index (χ0) is 10.7. The fourth-order valence-electron chi connectivity index (χ4n) is 1.48. The first-order chi connectivity index (χ1) is 6.54. The van der Waals surface area contributed by atoms with E-state index >= 15 is 0 Å². The van der Waals surface area contributed by atoms with Crippen LogP contribution < -0.4 is 0 Å². The van der Waals surface area contributed by atoms with Crippen LogP contribution in [0.25, 0.3) is 0 Å². The van der Waals surface area contributed by atoms with Gasteiger partial charge in [0.2, 0.25) is 0 Å². The number of aryl methyl sites for hydroxylation is 2. The summed E-state index contributed by atoms with van der Waals surface area (Å²) in [5.41, 5.74) is 2.94. The molecular formula is C12H15ClO. The summed E-state index contributed by atoms with van der Waals surface area (Å²) in [7, 11) is 0. The van der Waals surface area contributed by atoms with Crippen LogP contribution in [0.2, 0.25) is 0 Å². The second-order valence-electron chi connectivity index (χ2n) is 3.62. The van der Waals surface area contributed by atoms with Gasteiger partial charge in [0.05, 0.1) is 5.38 Å². The highest BCUT2D eigenvalue weighted by Crippen LogP contribution is 2.15. The van der Waals surface area contributed by atoms with E-state index in [1.807, 2.05) is 39.0 Å². The molecule has 0 N–H and O–H groups in total. The average Bonchev–Trinajstić information content (AvgIpc) is 2.14. The van der Waals surface area contributed by atoms with Crippen LogP contribution in [0.15, 0.2) is 18.2 Å². The predicted octanol–water partition coefficient (Wildman–Crippen LogP) is 3.50. The molecule has 0 saturated carbocycles. The number of Topliss-reactive ketones (excluding diaryl/α,β-unsaturated/α-hetero) is 1. The lowest BCUT2D eigenvalue weighted by Gasteiger charge is -2.07. The first kappa shape index (κ1) is 11.3. The zero-order valence-corrected chi connectivity index (χ0v) is 9.56. The molecule has 1 aromatic carbocycles. The van der Waals surface area contributed by atoms with Crippen LogP contribution in [0, 0.1) is 13.8 Å². The van der Waals surface area contributed by atoms with Crippen molar-refractivity contribution in [3.8, 4) is 0 Å². The Labute approximate surface area is 90.1 Å². The molecule has 0 aliphatic rings. The average molecular weight is 211 g/mol. The Morgan fingerprint density at radius 3 is 2.21 bits per heavy atom. The summed E-state index contributed by atoms with van der Waals surface area (Å²) < 4.78 is 0. The molecule has 0 fully saturated rings. The highest BCUT2D eigenvalue weighted by atomic mass is 35.5. The number of hydrogen-bond donors (Lipinski definition) is 0. The molecule has 1 atom stereocenters. The summed E-state index contributed by atoms with van der Waals surface area (Å²) in [6.07, 6.45) is 0.674. The molecule has 1 nitrogen and oxygen atoms in total. The smallest absolute Gasteiger partial charge is 0.180 e. The first-order valence-corrected chi connectivity index (χ1v) is 5.24. The van der Waals surface area contributed by atoms with Gasteiger partial charge in [0.1, 0.15) is 0 Å². The summed E-state index contributed by atoms with van der Waals surface area (Å²) >= 11 is 5.91. The van der Waals surface area contributed by atoms with Gasteiger partial charge in [-0.15, -0.1) is 11.6 Å². The van der Waals surface area contributed by atoms with E-state index in [1.165, 1.54) is 0 Å². The van der Waals surface area contributed by atoms with Crippen LogP contribution in [0.4, 0.5) is 0 Å². The Morgan fingerprint density at radius 2 is 1.79 bits per heavy atom. The molecule has 0 heterocycles. The minimum Gasteiger partial charge on any atom is -0.293 e. The molecule has 0 radical (unpaired) electrons. The van der Waals surface area contributed by atoms with Gasteiger partial charge < -0.3 is 0 Å². The molecule has 2 heteroatoms. The number of ketones is 1. The Balaban J connectivity index is 3.01. The number of hydrogen-bond acceptors (Lipinski definition) is 1. The summed E-state index contributed by atoms with van der Waals surface area (Å²) in [4.78, 5) is 11.7. The predicted molar refractivity (Wildman–Crippen MR) is 60.2 cm³/mol. The van der Waals surface area contributed by atoms with Gasteiger partial charge in [-0.3, -0.25) is 4.79 Å². The van der Waals surface area contributed by atoms with Gasteiger partial charge in [-0.05, 0) is 32.4 Å². The highest BCUT2D eigenvalue weighted by molar-refractivity contribution is 6.33. The summed E-state index contributed by atoms with van der Waals surface area (Å²) in [5, 5.41) is -0.392. The molecule has 1 aromatic rings. The maximum atomic E-state index is 11.7. The lowest BCUT2D eigenvalue weighted by atomic mass is 10.0. The van der Waals surface area contributed by atoms with E-state index in [2.05, 4.69) is 0 Å². The molecule has 0 aliphatic carbocycles. The molecule has 0 amide bonds. The van der Waals surface area contributed by atoms with Crippen molar-refractivity contribution in [2.75, 3.05) is 0 Å². The SMILES string of the molecule is CCC(Cl)C(=O)c1cc(C)cc(C)c1. The second-order valence-corrected chi connectivity index (χ2v) is 4.14. The van der Waals surface area contributed by atoms with Crippen molar-refractivity contribution < 1.29 is 4.79 Å². The number of halogens is 1. The van der Waals surface area contributed by atoms with Gasteiger partial charge >= 0.3 is 0 Å². The van der Waals surface area contributed by atoms with Gasteiger partial charge in [0.15, 0.2) is 5.78 Å². The number of rotatable bonds is 3. The van der Waals surface area contributed by atoms with Crippen molar-refractivity contribution in [2.24, 2.45) is 0 Å². The fraction of sp³-hybridized carbons (Fsp3) is 0.417. The van der Waals surface area contributed by atoms with Gasteiger partial charge in [-0.1, -0.05) is 24.1 Å². The minimum atomic E-state index is -0.392. The van der Waals surface area contributed by atoms with Crippen LogP contribution in [0.5, 0.6) is 0 Å². The van der Waals surface area contributed by atoms with Crippen molar-refractivity contribution >= 4 is 17.4 Å². The number of carbonyl (C=O) groups excluding carboxylic acids is 1. The third kappa shape index (κ3) is 2.58. The topological polar surface area (TPSA) is 17.1 Å². The lowest BCUT2D eigenvalue weighted by molar-refractivity contribution is 0.0985. The normalized spacial score (nSPS) is 12.6. The van der Waals surface area contributed by atoms with Gasteiger partial charge in [-0.2, -0.15) is 0 Å². The van der Waals surface area contributed by atoms with E-state index in [-0.39, 0.29) is 5.78 Å². The van der Waals surface area contributed by atoms with Crippen molar-refractivity contribution in [3.05, 3.63) is 34.9 Å². The van der Waals surface area contributed by atoms with Gasteiger partial charge in [0, 0.05) is 5.56 Å². The number of benzene rings is 1. The molecule has 0 aromatic heterocycles. The highest BCUT2D eigenvalue weighted by Gasteiger charge is 2.15. The molecular weight excluding hydrogens is 196 g/mol. The van der Waals surface area contributed by atoms with Gasteiger partial charge in [0.25, 0.3) is 0 Å². The number of carbonyl (C=O) groups is 1. The van der Waals surface area contributed by atoms with Crippen LogP contribution >= 0.6 is 11.6 Å². The van der Waals surface area contributed by atoms with E-state index in [0.29, 0.717) is 6.42 Å². The first-order valence-electron chi connectivity index (χ1n) is 4.81. The molecule has 0 bridgehead atoms. The standard InChI is InChI=1S/C12H15ClO/c1-4-11(13)12(14)10-6-8(2)5-9(3)7-10/h5-7,11H,4H2,1-3H3. The third-order valence-electron chi connectivity index (χ3n) is 2.15. The van der Waals surface area contributed by atoms with Crippen LogP contribution in [-0.2, 0) is 0 Å². The Bertz CT molecular complexity index is 324. The van der Waals surface area contributed by atoms with Crippen molar-refractivity contribution in [1.29, 1.82) is 0 Å². The van der Waals surface area contributed by atoms with Crippen molar-refractivity contribution in [1.82, 2.24) is 0 Å². The lowest BCUT2D eigenvalue weighted by Crippen LogP contribution is -2.13. The largest absolute Gasteiger partial charge is 0.293 e. The van der Waals surface area contributed by atoms with Gasteiger partial charge in [-0.25, -0.2) is 0 Å². The van der Waals surface area contributed by atoms with Crippen LogP contribution in [-0.4, -0.2) is 11.2 Å². The molecule has 14 heavy (non-hydrogen) atoms. The Kier molecular flexibility index (Phi) is 3.70. The Hall–Kier alpha value is -0.820. The molecule has 1 unspecified atom stereocenters.